The van der Waals surface area contributed by atoms with Gasteiger partial charge >= 0.3 is 0 Å². The Kier molecular flexibility index (Phi) is 7.38. The summed E-state index contributed by atoms with van der Waals surface area (Å²) in [6, 6.07) is 13.1. The van der Waals surface area contributed by atoms with Gasteiger partial charge in [-0.25, -0.2) is 0 Å². The Morgan fingerprint density at radius 1 is 0.793 bits per heavy atom. The quantitative estimate of drug-likeness (QED) is 0.384. The second-order valence-electron chi connectivity index (χ2n) is 6.30. The molecule has 2 aromatic carbocycles. The summed E-state index contributed by atoms with van der Waals surface area (Å²) >= 11 is 3.06. The van der Waals surface area contributed by atoms with E-state index in [4.69, 9.17) is 0 Å². The van der Waals surface area contributed by atoms with Gasteiger partial charge in [-0.1, -0.05) is 36.4 Å². The number of hydrogen-bond acceptors (Lipinski definition) is 6. The van der Waals surface area contributed by atoms with E-state index in [1.54, 1.807) is 60.7 Å². The summed E-state index contributed by atoms with van der Waals surface area (Å²) in [4.78, 5) is 25.8. The van der Waals surface area contributed by atoms with Gasteiger partial charge in [0.05, 0.1) is 9.81 Å². The molecule has 0 saturated carbocycles. The first-order valence-electron chi connectivity index (χ1n) is 9.06. The number of carbonyl (C=O) groups is 2. The van der Waals surface area contributed by atoms with Gasteiger partial charge in [-0.3, -0.25) is 9.59 Å². The predicted octanol–water partition coefficient (Wildman–Crippen LogP) is 5.04. The molecule has 1 fully saturated rings. The highest BCUT2D eigenvalue weighted by molar-refractivity contribution is 8.22. The van der Waals surface area contributed by atoms with Crippen LogP contribution < -0.4 is 0 Å². The Morgan fingerprint density at radius 3 is 1.72 bits per heavy atom. The van der Waals surface area contributed by atoms with E-state index in [0.29, 0.717) is 11.1 Å². The summed E-state index contributed by atoms with van der Waals surface area (Å²) in [5.41, 5.74) is 1.51. The first-order chi connectivity index (χ1) is 14.0. The van der Waals surface area contributed by atoms with E-state index in [2.05, 4.69) is 0 Å². The summed E-state index contributed by atoms with van der Waals surface area (Å²) in [5, 5.41) is 19.1. The molecule has 0 radical (unpaired) electrons. The van der Waals surface area contributed by atoms with Crippen LogP contribution in [0.25, 0.3) is 12.2 Å². The van der Waals surface area contributed by atoms with Gasteiger partial charge in [-0.05, 0) is 65.5 Å². The lowest BCUT2D eigenvalue weighted by molar-refractivity contribution is -0.116. The Bertz CT molecular complexity index is 928. The van der Waals surface area contributed by atoms with Crippen LogP contribution in [0.2, 0.25) is 0 Å². The van der Waals surface area contributed by atoms with Crippen molar-refractivity contribution in [3.63, 3.8) is 0 Å². The summed E-state index contributed by atoms with van der Waals surface area (Å²) in [7, 11) is 0. The fourth-order valence-electron chi connectivity index (χ4n) is 2.66. The van der Waals surface area contributed by atoms with Crippen molar-refractivity contribution in [2.75, 3.05) is 11.5 Å². The zero-order valence-corrected chi connectivity index (χ0v) is 17.2. The lowest BCUT2D eigenvalue weighted by Crippen LogP contribution is -2.12. The highest BCUT2D eigenvalue weighted by atomic mass is 32.2. The molecule has 0 aromatic heterocycles. The molecule has 29 heavy (non-hydrogen) atoms. The number of aromatic hydroxyl groups is 2. The van der Waals surface area contributed by atoms with Crippen LogP contribution in [-0.4, -0.2) is 33.3 Å². The second kappa shape index (κ2) is 10.2. The normalized spacial score (nSPS) is 14.4. The topological polar surface area (TPSA) is 74.6 Å². The highest BCUT2D eigenvalue weighted by Crippen LogP contribution is 2.38. The van der Waals surface area contributed by atoms with Gasteiger partial charge in [0.15, 0.2) is 11.6 Å². The van der Waals surface area contributed by atoms with Crippen molar-refractivity contribution in [3.8, 4) is 11.5 Å². The average molecular weight is 425 g/mol. The van der Waals surface area contributed by atoms with Crippen LogP contribution in [0, 0.1) is 0 Å². The van der Waals surface area contributed by atoms with Crippen LogP contribution >= 0.6 is 23.5 Å². The van der Waals surface area contributed by atoms with Crippen LogP contribution in [0.5, 0.6) is 11.5 Å². The number of thioether (sulfide) groups is 2. The Balaban J connectivity index is 1.86. The van der Waals surface area contributed by atoms with Gasteiger partial charge in [0, 0.05) is 0 Å². The molecule has 6 heteroatoms. The van der Waals surface area contributed by atoms with Crippen LogP contribution in [0.1, 0.15) is 17.5 Å². The van der Waals surface area contributed by atoms with Gasteiger partial charge in [0.25, 0.3) is 0 Å². The molecule has 1 saturated heterocycles. The zero-order chi connectivity index (χ0) is 20.6. The van der Waals surface area contributed by atoms with Crippen LogP contribution in [-0.2, 0) is 9.59 Å². The molecule has 0 amide bonds. The van der Waals surface area contributed by atoms with Crippen molar-refractivity contribution in [1.29, 1.82) is 0 Å². The molecule has 0 spiro atoms. The van der Waals surface area contributed by atoms with E-state index < -0.39 is 0 Å². The third kappa shape index (κ3) is 6.14. The van der Waals surface area contributed by atoms with Crippen molar-refractivity contribution >= 4 is 47.2 Å². The molecule has 3 rings (SSSR count). The van der Waals surface area contributed by atoms with Crippen molar-refractivity contribution in [1.82, 2.24) is 0 Å². The molecule has 2 aromatic rings. The molecule has 1 heterocycles. The fraction of sp³-hybridized carbons (Fsp3) is 0.130. The first kappa shape index (κ1) is 21.0. The van der Waals surface area contributed by atoms with E-state index in [1.165, 1.54) is 35.7 Å². The molecule has 0 aliphatic carbocycles. The lowest BCUT2D eigenvalue weighted by Gasteiger charge is -2.15. The molecule has 0 atom stereocenters. The summed E-state index contributed by atoms with van der Waals surface area (Å²) in [6.45, 7) is 0. The van der Waals surface area contributed by atoms with Crippen molar-refractivity contribution in [3.05, 3.63) is 81.6 Å². The second-order valence-corrected chi connectivity index (χ2v) is 8.77. The molecule has 1 aliphatic heterocycles. The molecule has 2 N–H and O–H groups in total. The summed E-state index contributed by atoms with van der Waals surface area (Å²) < 4.78 is 0.743. The minimum absolute atomic E-state index is 0.113. The Morgan fingerprint density at radius 2 is 1.28 bits per heavy atom. The minimum Gasteiger partial charge on any atom is -0.508 e. The SMILES string of the molecule is O=C(C=Cc1cccc(O)c1)C(C(=O)C=Cc1cccc(O)c1)=C1SCCCS1. The summed E-state index contributed by atoms with van der Waals surface area (Å²) in [5.74, 6) is 1.24. The number of hydrogen-bond donors (Lipinski definition) is 2. The molecule has 0 unspecified atom stereocenters. The number of rotatable bonds is 6. The molecule has 4 nitrogen and oxygen atoms in total. The average Bonchev–Trinajstić information content (AvgIpc) is 2.72. The Hall–Kier alpha value is -2.70. The van der Waals surface area contributed by atoms with Crippen molar-refractivity contribution < 1.29 is 19.8 Å². The van der Waals surface area contributed by atoms with E-state index in [1.807, 2.05) is 0 Å². The molecule has 1 aliphatic rings. The van der Waals surface area contributed by atoms with Gasteiger partial charge in [-0.2, -0.15) is 0 Å². The molecule has 148 valence electrons. The van der Waals surface area contributed by atoms with E-state index in [-0.39, 0.29) is 28.6 Å². The maximum atomic E-state index is 12.9. The third-order valence-corrected chi connectivity index (χ3v) is 6.67. The standard InChI is InChI=1S/C23H20O4S2/c24-18-6-1-4-16(14-18)8-10-20(26)22(23-28-12-3-13-29-23)21(27)11-9-17-5-2-7-19(25)15-17/h1-2,4-11,14-15,24-25H,3,12-13H2. The molecular formula is C23H20O4S2. The summed E-state index contributed by atoms with van der Waals surface area (Å²) in [6.07, 6.45) is 6.95. The number of phenols is 2. The van der Waals surface area contributed by atoms with Crippen LogP contribution in [0.15, 0.2) is 70.5 Å². The zero-order valence-electron chi connectivity index (χ0n) is 15.6. The van der Waals surface area contributed by atoms with Gasteiger partial charge < -0.3 is 10.2 Å². The monoisotopic (exact) mass is 424 g/mol. The number of benzene rings is 2. The lowest BCUT2D eigenvalue weighted by atomic mass is 10.1. The fourth-order valence-corrected chi connectivity index (χ4v) is 5.32. The number of carbonyl (C=O) groups excluding carboxylic acids is 2. The van der Waals surface area contributed by atoms with E-state index >= 15 is 0 Å². The van der Waals surface area contributed by atoms with E-state index in [0.717, 1.165) is 22.2 Å². The highest BCUT2D eigenvalue weighted by Gasteiger charge is 2.22. The first-order valence-corrected chi connectivity index (χ1v) is 11.0. The minimum atomic E-state index is -0.365. The van der Waals surface area contributed by atoms with Gasteiger partial charge in [0.2, 0.25) is 0 Å². The predicted molar refractivity (Wildman–Crippen MR) is 121 cm³/mol. The number of allylic oxidation sites excluding steroid dienone is 3. The van der Waals surface area contributed by atoms with Gasteiger partial charge in [-0.15, -0.1) is 23.5 Å². The largest absolute Gasteiger partial charge is 0.508 e. The molecule has 0 bridgehead atoms. The Labute approximate surface area is 178 Å². The number of phenolic OH excluding ortho intramolecular Hbond substituents is 2. The van der Waals surface area contributed by atoms with Crippen LogP contribution in [0.3, 0.4) is 0 Å². The maximum Gasteiger partial charge on any atom is 0.191 e. The van der Waals surface area contributed by atoms with Crippen LogP contribution in [0.4, 0.5) is 0 Å². The van der Waals surface area contributed by atoms with Crippen molar-refractivity contribution in [2.24, 2.45) is 0 Å². The maximum absolute atomic E-state index is 12.9. The van der Waals surface area contributed by atoms with Crippen molar-refractivity contribution in [2.45, 2.75) is 6.42 Å². The third-order valence-electron chi connectivity index (χ3n) is 4.05. The number of ketones is 2. The smallest absolute Gasteiger partial charge is 0.191 e. The van der Waals surface area contributed by atoms with E-state index in [9.17, 15) is 19.8 Å². The van der Waals surface area contributed by atoms with Gasteiger partial charge in [0.1, 0.15) is 11.5 Å². The molecular weight excluding hydrogens is 404 g/mol.